The van der Waals surface area contributed by atoms with Crippen LogP contribution in [0.3, 0.4) is 0 Å². The number of amides is 1. The largest absolute Gasteiger partial charge is 0.336 e. The van der Waals surface area contributed by atoms with Crippen LogP contribution in [0.25, 0.3) is 11.6 Å². The molecule has 1 atom stereocenters. The lowest BCUT2D eigenvalue weighted by atomic mass is 10.2. The number of likely N-dealkylation sites (tertiary alicyclic amines) is 1. The molecule has 1 aliphatic rings. The second kappa shape index (κ2) is 7.07. The summed E-state index contributed by atoms with van der Waals surface area (Å²) < 4.78 is 20.8. The van der Waals surface area contributed by atoms with Crippen LogP contribution in [-0.4, -0.2) is 49.0 Å². The van der Waals surface area contributed by atoms with E-state index in [1.165, 1.54) is 18.2 Å². The van der Waals surface area contributed by atoms with Gasteiger partial charge in [-0.2, -0.15) is 4.98 Å². The van der Waals surface area contributed by atoms with E-state index in [1.807, 2.05) is 6.92 Å². The normalized spacial score (nSPS) is 16.9. The molecule has 0 aliphatic carbocycles. The van der Waals surface area contributed by atoms with Crippen LogP contribution in [0.4, 0.5) is 4.39 Å². The maximum Gasteiger partial charge on any atom is 0.280 e. The fraction of sp³-hybridized carbons (Fsp3) is 0.353. The van der Waals surface area contributed by atoms with Gasteiger partial charge >= 0.3 is 0 Å². The van der Waals surface area contributed by atoms with Gasteiger partial charge < -0.3 is 9.42 Å². The molecule has 140 valence electrons. The highest BCUT2D eigenvalue weighted by Gasteiger charge is 2.30. The zero-order valence-corrected chi connectivity index (χ0v) is 15.2. The van der Waals surface area contributed by atoms with Crippen molar-refractivity contribution in [2.45, 2.75) is 25.8 Å². The second-order valence-electron chi connectivity index (χ2n) is 6.27. The van der Waals surface area contributed by atoms with E-state index >= 15 is 0 Å². The van der Waals surface area contributed by atoms with Gasteiger partial charge in [0.1, 0.15) is 5.82 Å². The maximum atomic E-state index is 14.0. The van der Waals surface area contributed by atoms with Crippen molar-refractivity contribution in [3.63, 3.8) is 0 Å². The summed E-state index contributed by atoms with van der Waals surface area (Å²) >= 11 is 5.89. The Balaban J connectivity index is 1.48. The minimum absolute atomic E-state index is 0.0274. The topological polar surface area (TPSA) is 89.9 Å². The van der Waals surface area contributed by atoms with E-state index in [-0.39, 0.29) is 17.5 Å². The number of benzene rings is 1. The molecule has 0 saturated carbocycles. The standard InChI is InChI=1S/C17H16ClFN6O2/c1-2-15-20-16(27-22-15)14-9-25(23-21-14)11-5-6-24(8-11)17(26)12-7-10(18)3-4-13(12)19/h3-4,7,9,11H,2,5-6,8H2,1H3/t11-/m1/s1. The van der Waals surface area contributed by atoms with Crippen molar-refractivity contribution in [3.8, 4) is 11.6 Å². The summed E-state index contributed by atoms with van der Waals surface area (Å²) in [5.41, 5.74) is 0.452. The molecule has 1 aromatic carbocycles. The van der Waals surface area contributed by atoms with Crippen molar-refractivity contribution >= 4 is 17.5 Å². The number of carbonyl (C=O) groups is 1. The molecule has 0 unspecified atom stereocenters. The van der Waals surface area contributed by atoms with Crippen LogP contribution >= 0.6 is 11.6 Å². The third-order valence-corrected chi connectivity index (χ3v) is 4.73. The van der Waals surface area contributed by atoms with Crippen molar-refractivity contribution < 1.29 is 13.7 Å². The molecule has 4 rings (SSSR count). The summed E-state index contributed by atoms with van der Waals surface area (Å²) in [6, 6.07) is 3.90. The van der Waals surface area contributed by atoms with E-state index < -0.39 is 5.82 Å². The Hall–Kier alpha value is -2.81. The highest BCUT2D eigenvalue weighted by molar-refractivity contribution is 6.31. The van der Waals surface area contributed by atoms with Gasteiger partial charge in [-0.05, 0) is 24.6 Å². The molecule has 1 aliphatic heterocycles. The Morgan fingerprint density at radius 1 is 1.44 bits per heavy atom. The summed E-state index contributed by atoms with van der Waals surface area (Å²) in [5.74, 6) is -0.0629. The van der Waals surface area contributed by atoms with Gasteiger partial charge in [0.25, 0.3) is 11.8 Å². The molecule has 0 spiro atoms. The number of halogens is 2. The number of aromatic nitrogens is 5. The Labute approximate surface area is 158 Å². The van der Waals surface area contributed by atoms with Gasteiger partial charge in [0.2, 0.25) is 0 Å². The summed E-state index contributed by atoms with van der Waals surface area (Å²) in [5, 5.41) is 12.3. The first kappa shape index (κ1) is 17.6. The molecule has 2 aromatic heterocycles. The van der Waals surface area contributed by atoms with Crippen molar-refractivity contribution in [1.29, 1.82) is 0 Å². The van der Waals surface area contributed by atoms with Crippen molar-refractivity contribution in [2.75, 3.05) is 13.1 Å². The number of nitrogens with zero attached hydrogens (tertiary/aromatic N) is 6. The molecule has 0 radical (unpaired) electrons. The molecule has 8 nitrogen and oxygen atoms in total. The summed E-state index contributed by atoms with van der Waals surface area (Å²) in [4.78, 5) is 18.4. The third-order valence-electron chi connectivity index (χ3n) is 4.50. The van der Waals surface area contributed by atoms with Gasteiger partial charge in [0.05, 0.1) is 17.8 Å². The number of hydrogen-bond donors (Lipinski definition) is 0. The number of rotatable bonds is 4. The van der Waals surface area contributed by atoms with Crippen molar-refractivity contribution in [1.82, 2.24) is 30.0 Å². The first-order valence-corrected chi connectivity index (χ1v) is 8.92. The predicted octanol–water partition coefficient (Wildman–Crippen LogP) is 2.77. The summed E-state index contributed by atoms with van der Waals surface area (Å²) in [6.45, 7) is 2.82. The lowest BCUT2D eigenvalue weighted by Crippen LogP contribution is -2.30. The molecule has 27 heavy (non-hydrogen) atoms. The van der Waals surface area contributed by atoms with Gasteiger partial charge in [-0.15, -0.1) is 5.10 Å². The molecule has 3 heterocycles. The lowest BCUT2D eigenvalue weighted by Gasteiger charge is -2.17. The van der Waals surface area contributed by atoms with E-state index in [0.717, 1.165) is 0 Å². The first-order chi connectivity index (χ1) is 13.0. The van der Waals surface area contributed by atoms with Crippen LogP contribution in [0.1, 0.15) is 35.6 Å². The Morgan fingerprint density at radius 3 is 3.07 bits per heavy atom. The summed E-state index contributed by atoms with van der Waals surface area (Å²) in [6.07, 6.45) is 3.06. The SMILES string of the molecule is CCc1noc(-c2cn([C@@H]3CCN(C(=O)c4cc(Cl)ccc4F)C3)nn2)n1. The van der Waals surface area contributed by atoms with Crippen LogP contribution in [0.2, 0.25) is 5.02 Å². The molecule has 10 heteroatoms. The fourth-order valence-corrected chi connectivity index (χ4v) is 3.20. The molecular formula is C17H16ClFN6O2. The monoisotopic (exact) mass is 390 g/mol. The molecule has 0 N–H and O–H groups in total. The van der Waals surface area contributed by atoms with E-state index in [4.69, 9.17) is 16.1 Å². The fourth-order valence-electron chi connectivity index (χ4n) is 3.03. The van der Waals surface area contributed by atoms with Gasteiger partial charge in [0.15, 0.2) is 11.5 Å². The average Bonchev–Trinajstić information content (AvgIpc) is 3.41. The van der Waals surface area contributed by atoms with Crippen LogP contribution in [0.15, 0.2) is 28.9 Å². The lowest BCUT2D eigenvalue weighted by molar-refractivity contribution is 0.0782. The minimum atomic E-state index is -0.584. The smallest absolute Gasteiger partial charge is 0.280 e. The van der Waals surface area contributed by atoms with E-state index in [0.29, 0.717) is 48.4 Å². The van der Waals surface area contributed by atoms with Gasteiger partial charge in [-0.1, -0.05) is 28.9 Å². The van der Waals surface area contributed by atoms with E-state index in [1.54, 1.807) is 15.8 Å². The van der Waals surface area contributed by atoms with Gasteiger partial charge in [0, 0.05) is 24.5 Å². The molecular weight excluding hydrogens is 375 g/mol. The zero-order valence-electron chi connectivity index (χ0n) is 14.5. The molecule has 1 amide bonds. The zero-order chi connectivity index (χ0) is 19.0. The quantitative estimate of drug-likeness (QED) is 0.680. The van der Waals surface area contributed by atoms with E-state index in [9.17, 15) is 9.18 Å². The van der Waals surface area contributed by atoms with Crippen LogP contribution in [0, 0.1) is 5.82 Å². The number of hydrogen-bond acceptors (Lipinski definition) is 6. The van der Waals surface area contributed by atoms with Gasteiger partial charge in [-0.25, -0.2) is 9.07 Å². The third kappa shape index (κ3) is 3.42. The molecule has 3 aromatic rings. The van der Waals surface area contributed by atoms with Gasteiger partial charge in [-0.3, -0.25) is 4.79 Å². The molecule has 0 bridgehead atoms. The Morgan fingerprint density at radius 2 is 2.30 bits per heavy atom. The van der Waals surface area contributed by atoms with Crippen molar-refractivity contribution in [3.05, 3.63) is 46.6 Å². The first-order valence-electron chi connectivity index (χ1n) is 8.54. The minimum Gasteiger partial charge on any atom is -0.336 e. The Bertz CT molecular complexity index is 987. The highest BCUT2D eigenvalue weighted by atomic mass is 35.5. The molecule has 1 saturated heterocycles. The molecule has 1 fully saturated rings. The van der Waals surface area contributed by atoms with E-state index in [2.05, 4.69) is 20.5 Å². The van der Waals surface area contributed by atoms with Crippen LogP contribution in [-0.2, 0) is 6.42 Å². The highest BCUT2D eigenvalue weighted by Crippen LogP contribution is 2.25. The second-order valence-corrected chi connectivity index (χ2v) is 6.71. The summed E-state index contributed by atoms with van der Waals surface area (Å²) in [7, 11) is 0. The van der Waals surface area contributed by atoms with Crippen LogP contribution < -0.4 is 0 Å². The number of aryl methyl sites for hydroxylation is 1. The van der Waals surface area contributed by atoms with Crippen LogP contribution in [0.5, 0.6) is 0 Å². The predicted molar refractivity (Wildman–Crippen MR) is 93.7 cm³/mol. The number of carbonyl (C=O) groups excluding carboxylic acids is 1. The maximum absolute atomic E-state index is 14.0. The Kier molecular flexibility index (Phi) is 4.61. The van der Waals surface area contributed by atoms with Crippen molar-refractivity contribution in [2.24, 2.45) is 0 Å². The average molecular weight is 391 g/mol.